The first-order chi connectivity index (χ1) is 14.5. The number of hydrogen-bond acceptors (Lipinski definition) is 7. The molecule has 0 aromatic heterocycles. The summed E-state index contributed by atoms with van der Waals surface area (Å²) in [6.45, 7) is 3.40. The van der Waals surface area contributed by atoms with E-state index in [4.69, 9.17) is 14.2 Å². The molecule has 0 radical (unpaired) electrons. The molecule has 2 aliphatic heterocycles. The maximum Gasteiger partial charge on any atom is 0.231 e. The standard InChI is InChI=1S/C22H25N3O5/c1-14-6-7-16(25(26)27)12-17(14)23-9-4-5-18-20-15(8-10-24(18)2)11-19-21(22(20)28-3)30-13-29-19/h6-7,11-12,18,23,25-26H,8-10,13H2,1-3H3/t18-/m0/s1. The SMILES string of the molecule is COc1c2c(cc3c1[C@H](C#CCNc1cc([NH+]([O-])O)ccc1C)N(C)CC3)OCO2. The lowest BCUT2D eigenvalue weighted by Gasteiger charge is -2.32. The summed E-state index contributed by atoms with van der Waals surface area (Å²) in [7, 11) is 3.68. The molecule has 0 aliphatic carbocycles. The highest BCUT2D eigenvalue weighted by Gasteiger charge is 2.33. The second-order valence-corrected chi connectivity index (χ2v) is 7.36. The molecule has 0 bridgehead atoms. The number of quaternary nitrogens is 1. The second kappa shape index (κ2) is 8.42. The predicted molar refractivity (Wildman–Crippen MR) is 111 cm³/mol. The van der Waals surface area contributed by atoms with Gasteiger partial charge in [-0.25, -0.2) is 5.21 Å². The third-order valence-electron chi connectivity index (χ3n) is 5.49. The number of methoxy groups -OCH3 is 1. The van der Waals surface area contributed by atoms with E-state index in [2.05, 4.69) is 22.1 Å². The molecule has 4 rings (SSSR count). The van der Waals surface area contributed by atoms with Crippen molar-refractivity contribution in [3.05, 3.63) is 46.2 Å². The van der Waals surface area contributed by atoms with Gasteiger partial charge in [-0.3, -0.25) is 4.90 Å². The van der Waals surface area contributed by atoms with Gasteiger partial charge in [-0.05, 0) is 37.6 Å². The van der Waals surface area contributed by atoms with Crippen LogP contribution in [-0.2, 0) is 6.42 Å². The first-order valence-electron chi connectivity index (χ1n) is 9.75. The van der Waals surface area contributed by atoms with E-state index in [1.165, 1.54) is 0 Å². The van der Waals surface area contributed by atoms with Gasteiger partial charge in [0.1, 0.15) is 6.04 Å². The van der Waals surface area contributed by atoms with Crippen LogP contribution in [0, 0.1) is 24.0 Å². The van der Waals surface area contributed by atoms with Gasteiger partial charge < -0.3 is 24.7 Å². The highest BCUT2D eigenvalue weighted by Crippen LogP contribution is 2.49. The van der Waals surface area contributed by atoms with Gasteiger partial charge in [0.15, 0.2) is 17.2 Å². The normalized spacial score (nSPS) is 18.2. The van der Waals surface area contributed by atoms with Gasteiger partial charge in [0.25, 0.3) is 0 Å². The molecule has 1 unspecified atom stereocenters. The number of aryl methyl sites for hydroxylation is 1. The fraction of sp³-hybridized carbons (Fsp3) is 0.364. The van der Waals surface area contributed by atoms with E-state index in [0.717, 1.165) is 41.1 Å². The quantitative estimate of drug-likeness (QED) is 0.522. The third-order valence-corrected chi connectivity index (χ3v) is 5.49. The Labute approximate surface area is 175 Å². The minimum absolute atomic E-state index is 0.133. The van der Waals surface area contributed by atoms with Crippen molar-refractivity contribution in [2.75, 3.05) is 39.4 Å². The summed E-state index contributed by atoms with van der Waals surface area (Å²) >= 11 is 0. The average molecular weight is 411 g/mol. The zero-order chi connectivity index (χ0) is 21.3. The van der Waals surface area contributed by atoms with Crippen LogP contribution in [-0.4, -0.2) is 44.1 Å². The highest BCUT2D eigenvalue weighted by molar-refractivity contribution is 5.63. The van der Waals surface area contributed by atoms with Crippen molar-refractivity contribution in [3.63, 3.8) is 0 Å². The van der Waals surface area contributed by atoms with Crippen LogP contribution in [0.25, 0.3) is 0 Å². The number of ether oxygens (including phenoxy) is 3. The van der Waals surface area contributed by atoms with E-state index in [1.54, 1.807) is 25.3 Å². The molecule has 2 heterocycles. The first kappa shape index (κ1) is 20.3. The topological polar surface area (TPSA) is 90.7 Å². The molecule has 0 saturated heterocycles. The Morgan fingerprint density at radius 1 is 1.37 bits per heavy atom. The molecule has 0 saturated carbocycles. The number of rotatable bonds is 4. The largest absolute Gasteiger partial charge is 0.595 e. The number of nitrogens with zero attached hydrogens (tertiary/aromatic N) is 1. The van der Waals surface area contributed by atoms with E-state index in [1.807, 2.05) is 20.0 Å². The lowest BCUT2D eigenvalue weighted by Crippen LogP contribution is -2.99. The Morgan fingerprint density at radius 3 is 2.97 bits per heavy atom. The Morgan fingerprint density at radius 2 is 2.20 bits per heavy atom. The molecule has 2 atom stereocenters. The van der Waals surface area contributed by atoms with E-state index in [0.29, 0.717) is 18.0 Å². The van der Waals surface area contributed by atoms with Crippen molar-refractivity contribution in [1.29, 1.82) is 0 Å². The van der Waals surface area contributed by atoms with Crippen molar-refractivity contribution in [1.82, 2.24) is 4.90 Å². The molecule has 3 N–H and O–H groups in total. The summed E-state index contributed by atoms with van der Waals surface area (Å²) in [5.74, 6) is 8.57. The molecule has 2 aromatic carbocycles. The van der Waals surface area contributed by atoms with Gasteiger partial charge in [0.2, 0.25) is 12.5 Å². The van der Waals surface area contributed by atoms with Crippen molar-refractivity contribution in [2.45, 2.75) is 19.4 Å². The number of benzene rings is 2. The van der Waals surface area contributed by atoms with Crippen molar-refractivity contribution >= 4 is 11.4 Å². The van der Waals surface area contributed by atoms with Gasteiger partial charge >= 0.3 is 0 Å². The fourth-order valence-electron chi connectivity index (χ4n) is 3.85. The Bertz CT molecular complexity index is 1010. The van der Waals surface area contributed by atoms with E-state index in [9.17, 15) is 10.4 Å². The summed E-state index contributed by atoms with van der Waals surface area (Å²) in [4.78, 5) is 2.19. The zero-order valence-electron chi connectivity index (χ0n) is 17.2. The van der Waals surface area contributed by atoms with Crippen LogP contribution in [0.1, 0.15) is 22.7 Å². The van der Waals surface area contributed by atoms with Crippen molar-refractivity contribution in [2.24, 2.45) is 0 Å². The molecule has 2 aliphatic rings. The molecule has 2 aromatic rings. The molecule has 0 fully saturated rings. The van der Waals surface area contributed by atoms with Crippen molar-refractivity contribution < 1.29 is 24.6 Å². The molecule has 30 heavy (non-hydrogen) atoms. The Hall–Kier alpha value is -2.96. The smallest absolute Gasteiger partial charge is 0.231 e. The Kier molecular flexibility index (Phi) is 5.70. The maximum atomic E-state index is 11.2. The number of anilines is 1. The molecular formula is C22H25N3O5. The minimum Gasteiger partial charge on any atom is -0.595 e. The first-order valence-corrected chi connectivity index (χ1v) is 9.75. The fourth-order valence-corrected chi connectivity index (χ4v) is 3.85. The molecule has 0 spiro atoms. The van der Waals surface area contributed by atoms with Crippen LogP contribution in [0.3, 0.4) is 0 Å². The summed E-state index contributed by atoms with van der Waals surface area (Å²) in [6, 6.07) is 6.91. The predicted octanol–water partition coefficient (Wildman–Crippen LogP) is 1.78. The molecular weight excluding hydrogens is 386 g/mol. The van der Waals surface area contributed by atoms with Gasteiger partial charge in [0.05, 0.1) is 13.7 Å². The number of likely N-dealkylation sites (N-methyl/N-ethyl adjacent to an activating group) is 1. The van der Waals surface area contributed by atoms with Gasteiger partial charge in [-0.15, -0.1) is 0 Å². The molecule has 8 nitrogen and oxygen atoms in total. The summed E-state index contributed by atoms with van der Waals surface area (Å²) in [6.07, 6.45) is 0.885. The molecule has 8 heteroatoms. The van der Waals surface area contributed by atoms with Crippen LogP contribution in [0.2, 0.25) is 0 Å². The number of hydrogen-bond donors (Lipinski definition) is 3. The third kappa shape index (κ3) is 3.76. The van der Waals surface area contributed by atoms with Crippen LogP contribution < -0.4 is 24.8 Å². The maximum absolute atomic E-state index is 11.2. The monoisotopic (exact) mass is 411 g/mol. The summed E-state index contributed by atoms with van der Waals surface area (Å²) in [5.41, 5.74) is 4.16. The van der Waals surface area contributed by atoms with Crippen LogP contribution in [0.15, 0.2) is 24.3 Å². The van der Waals surface area contributed by atoms with Crippen LogP contribution in [0.5, 0.6) is 17.2 Å². The molecule has 0 amide bonds. The van der Waals surface area contributed by atoms with Crippen LogP contribution >= 0.6 is 0 Å². The Balaban J connectivity index is 1.57. The minimum atomic E-state index is -0.949. The molecule has 158 valence electrons. The van der Waals surface area contributed by atoms with Gasteiger partial charge in [-0.2, -0.15) is 5.23 Å². The second-order valence-electron chi connectivity index (χ2n) is 7.36. The van der Waals surface area contributed by atoms with E-state index in [-0.39, 0.29) is 18.5 Å². The van der Waals surface area contributed by atoms with Crippen molar-refractivity contribution in [3.8, 4) is 29.1 Å². The van der Waals surface area contributed by atoms with E-state index < -0.39 is 5.23 Å². The van der Waals surface area contributed by atoms with Crippen LogP contribution in [0.4, 0.5) is 11.4 Å². The highest BCUT2D eigenvalue weighted by atomic mass is 16.8. The summed E-state index contributed by atoms with van der Waals surface area (Å²) < 4.78 is 16.9. The number of nitrogens with one attached hydrogen (secondary N) is 2. The van der Waals surface area contributed by atoms with Gasteiger partial charge in [0, 0.05) is 29.9 Å². The lowest BCUT2D eigenvalue weighted by molar-refractivity contribution is -0.991. The summed E-state index contributed by atoms with van der Waals surface area (Å²) in [5, 5.41) is 22.7. The van der Waals surface area contributed by atoms with Gasteiger partial charge in [-0.1, -0.05) is 17.9 Å². The lowest BCUT2D eigenvalue weighted by atomic mass is 9.91. The zero-order valence-corrected chi connectivity index (χ0v) is 17.2. The van der Waals surface area contributed by atoms with E-state index >= 15 is 0 Å². The number of fused-ring (bicyclic) bond motifs is 2. The average Bonchev–Trinajstić information content (AvgIpc) is 3.20.